The summed E-state index contributed by atoms with van der Waals surface area (Å²) < 4.78 is 10.6. The van der Waals surface area contributed by atoms with E-state index in [9.17, 15) is 9.59 Å². The predicted molar refractivity (Wildman–Crippen MR) is 106 cm³/mol. The lowest BCUT2D eigenvalue weighted by molar-refractivity contribution is -0.132. The normalized spacial score (nSPS) is 15.5. The molecule has 2 aromatic heterocycles. The summed E-state index contributed by atoms with van der Waals surface area (Å²) in [5.41, 5.74) is -0.146. The highest BCUT2D eigenvalue weighted by atomic mass is 16.5. The molecule has 3 heterocycles. The summed E-state index contributed by atoms with van der Waals surface area (Å²) in [6.07, 6.45) is 3.23. The molecule has 29 heavy (non-hydrogen) atoms. The van der Waals surface area contributed by atoms with Gasteiger partial charge in [0.05, 0.1) is 0 Å². The van der Waals surface area contributed by atoms with Crippen molar-refractivity contribution < 1.29 is 18.5 Å². The van der Waals surface area contributed by atoms with Gasteiger partial charge in [-0.3, -0.25) is 9.59 Å². The number of aryl methyl sites for hydroxylation is 2. The number of rotatable bonds is 6. The minimum Gasteiger partial charge on any atom is -0.456 e. The molecule has 8 heteroatoms. The fourth-order valence-electron chi connectivity index (χ4n) is 3.30. The highest BCUT2D eigenvalue weighted by Gasteiger charge is 2.25. The zero-order valence-corrected chi connectivity index (χ0v) is 17.7. The molecule has 158 valence electrons. The molecular weight excluding hydrogens is 372 g/mol. The molecule has 1 aliphatic heterocycles. The second-order valence-electron chi connectivity index (χ2n) is 8.65. The average molecular weight is 402 g/mol. The van der Waals surface area contributed by atoms with Crippen LogP contribution in [0.3, 0.4) is 0 Å². The molecule has 0 aromatic carbocycles. The molecule has 0 atom stereocenters. The third kappa shape index (κ3) is 5.68. The van der Waals surface area contributed by atoms with Crippen LogP contribution in [0.2, 0.25) is 0 Å². The van der Waals surface area contributed by atoms with E-state index >= 15 is 0 Å². The molecule has 2 amide bonds. The lowest BCUT2D eigenvalue weighted by Gasteiger charge is -2.32. The lowest BCUT2D eigenvalue weighted by atomic mass is 9.96. The Bertz CT molecular complexity index is 841. The largest absolute Gasteiger partial charge is 0.456 e. The van der Waals surface area contributed by atoms with Crippen LogP contribution in [0.25, 0.3) is 0 Å². The minimum absolute atomic E-state index is 0.0613. The van der Waals surface area contributed by atoms with Crippen LogP contribution in [-0.2, 0) is 16.6 Å². The molecule has 1 fully saturated rings. The van der Waals surface area contributed by atoms with Crippen molar-refractivity contribution in [1.29, 1.82) is 0 Å². The van der Waals surface area contributed by atoms with E-state index in [0.717, 1.165) is 12.8 Å². The summed E-state index contributed by atoms with van der Waals surface area (Å²) in [6.45, 7) is 9.21. The SMILES string of the molecule is Cc1ccc(C(=O)NC2CCN(C(=O)CCCc3nc(C(C)(C)C)no3)CC2)o1. The van der Waals surface area contributed by atoms with Crippen molar-refractivity contribution in [2.75, 3.05) is 13.1 Å². The molecule has 3 rings (SSSR count). The van der Waals surface area contributed by atoms with Crippen molar-refractivity contribution in [3.63, 3.8) is 0 Å². The summed E-state index contributed by atoms with van der Waals surface area (Å²) in [5.74, 6) is 2.25. The van der Waals surface area contributed by atoms with Gasteiger partial charge in [0.15, 0.2) is 11.6 Å². The molecular formula is C21H30N4O4. The van der Waals surface area contributed by atoms with Crippen LogP contribution < -0.4 is 5.32 Å². The first-order chi connectivity index (χ1) is 13.7. The smallest absolute Gasteiger partial charge is 0.287 e. The molecule has 0 radical (unpaired) electrons. The molecule has 1 N–H and O–H groups in total. The maximum Gasteiger partial charge on any atom is 0.287 e. The first kappa shape index (κ1) is 21.1. The van der Waals surface area contributed by atoms with Crippen molar-refractivity contribution in [1.82, 2.24) is 20.4 Å². The zero-order chi connectivity index (χ0) is 21.0. The van der Waals surface area contributed by atoms with Gasteiger partial charge in [-0.25, -0.2) is 0 Å². The molecule has 0 aliphatic carbocycles. The van der Waals surface area contributed by atoms with Crippen LogP contribution in [0.15, 0.2) is 21.1 Å². The Morgan fingerprint density at radius 2 is 1.97 bits per heavy atom. The number of amides is 2. The van der Waals surface area contributed by atoms with Gasteiger partial charge in [-0.15, -0.1) is 0 Å². The van der Waals surface area contributed by atoms with Gasteiger partial charge in [-0.05, 0) is 38.3 Å². The molecule has 2 aromatic rings. The highest BCUT2D eigenvalue weighted by Crippen LogP contribution is 2.19. The van der Waals surface area contributed by atoms with Crippen LogP contribution in [0.1, 0.15) is 74.5 Å². The number of nitrogens with one attached hydrogen (secondary N) is 1. The maximum absolute atomic E-state index is 12.5. The van der Waals surface area contributed by atoms with Crippen molar-refractivity contribution in [2.24, 2.45) is 0 Å². The Hall–Kier alpha value is -2.64. The van der Waals surface area contributed by atoms with Crippen molar-refractivity contribution in [3.8, 4) is 0 Å². The number of furan rings is 1. The van der Waals surface area contributed by atoms with Crippen LogP contribution >= 0.6 is 0 Å². The van der Waals surface area contributed by atoms with Crippen LogP contribution in [0.5, 0.6) is 0 Å². The van der Waals surface area contributed by atoms with E-state index in [-0.39, 0.29) is 23.3 Å². The van der Waals surface area contributed by atoms with E-state index in [1.807, 2.05) is 32.6 Å². The summed E-state index contributed by atoms with van der Waals surface area (Å²) in [5, 5.41) is 7.00. The van der Waals surface area contributed by atoms with Crippen LogP contribution in [0, 0.1) is 6.92 Å². The Morgan fingerprint density at radius 1 is 1.24 bits per heavy atom. The number of hydrogen-bond donors (Lipinski definition) is 1. The minimum atomic E-state index is -0.197. The highest BCUT2D eigenvalue weighted by molar-refractivity contribution is 5.91. The second kappa shape index (κ2) is 8.80. The topological polar surface area (TPSA) is 101 Å². The summed E-state index contributed by atoms with van der Waals surface area (Å²) in [4.78, 5) is 30.9. The van der Waals surface area contributed by atoms with Crippen molar-refractivity contribution in [3.05, 3.63) is 35.4 Å². The Morgan fingerprint density at radius 3 is 2.55 bits per heavy atom. The number of nitrogens with zero attached hydrogens (tertiary/aromatic N) is 3. The van der Waals surface area contributed by atoms with E-state index in [1.54, 1.807) is 12.1 Å². The van der Waals surface area contributed by atoms with Crippen molar-refractivity contribution >= 4 is 11.8 Å². The Labute approximate surface area is 171 Å². The van der Waals surface area contributed by atoms with E-state index in [2.05, 4.69) is 15.5 Å². The summed E-state index contributed by atoms with van der Waals surface area (Å²) in [7, 11) is 0. The summed E-state index contributed by atoms with van der Waals surface area (Å²) in [6, 6.07) is 3.51. The number of carbonyl (C=O) groups excluding carboxylic acids is 2. The molecule has 8 nitrogen and oxygen atoms in total. The monoisotopic (exact) mass is 402 g/mol. The Balaban J connectivity index is 1.37. The molecule has 0 spiro atoms. The maximum atomic E-state index is 12.5. The average Bonchev–Trinajstić information content (AvgIpc) is 3.31. The predicted octanol–water partition coefficient (Wildman–Crippen LogP) is 3.01. The van der Waals surface area contributed by atoms with Gasteiger partial charge in [-0.2, -0.15) is 4.98 Å². The van der Waals surface area contributed by atoms with Gasteiger partial charge < -0.3 is 19.2 Å². The number of aromatic nitrogens is 2. The lowest BCUT2D eigenvalue weighted by Crippen LogP contribution is -2.46. The number of carbonyl (C=O) groups is 2. The molecule has 0 saturated carbocycles. The third-order valence-corrected chi connectivity index (χ3v) is 5.07. The van der Waals surface area contributed by atoms with E-state index in [4.69, 9.17) is 8.94 Å². The van der Waals surface area contributed by atoms with Gasteiger partial charge in [-0.1, -0.05) is 25.9 Å². The first-order valence-corrected chi connectivity index (χ1v) is 10.2. The molecule has 1 saturated heterocycles. The third-order valence-electron chi connectivity index (χ3n) is 5.07. The zero-order valence-electron chi connectivity index (χ0n) is 17.7. The van der Waals surface area contributed by atoms with Gasteiger partial charge in [0.1, 0.15) is 5.76 Å². The van der Waals surface area contributed by atoms with Gasteiger partial charge in [0.25, 0.3) is 5.91 Å². The fraction of sp³-hybridized carbons (Fsp3) is 0.619. The van der Waals surface area contributed by atoms with Gasteiger partial charge in [0, 0.05) is 37.4 Å². The second-order valence-corrected chi connectivity index (χ2v) is 8.65. The molecule has 1 aliphatic rings. The fourth-order valence-corrected chi connectivity index (χ4v) is 3.30. The number of likely N-dealkylation sites (tertiary alicyclic amines) is 1. The van der Waals surface area contributed by atoms with E-state index in [0.29, 0.717) is 55.6 Å². The number of piperidine rings is 1. The first-order valence-electron chi connectivity index (χ1n) is 10.2. The van der Waals surface area contributed by atoms with E-state index < -0.39 is 0 Å². The Kier molecular flexibility index (Phi) is 6.39. The molecule has 0 unspecified atom stereocenters. The van der Waals surface area contributed by atoms with E-state index in [1.165, 1.54) is 0 Å². The quantitative estimate of drug-likeness (QED) is 0.797. The van der Waals surface area contributed by atoms with Crippen LogP contribution in [-0.4, -0.2) is 46.0 Å². The summed E-state index contributed by atoms with van der Waals surface area (Å²) >= 11 is 0. The standard InChI is InChI=1S/C21H30N4O4/c1-14-8-9-16(28-14)19(27)22-15-10-12-25(13-11-15)18(26)7-5-6-17-23-20(24-29-17)21(2,3)4/h8-9,15H,5-7,10-13H2,1-4H3,(H,22,27). The van der Waals surface area contributed by atoms with Crippen LogP contribution in [0.4, 0.5) is 0 Å². The number of hydrogen-bond acceptors (Lipinski definition) is 6. The van der Waals surface area contributed by atoms with Gasteiger partial charge >= 0.3 is 0 Å². The molecule has 0 bridgehead atoms. The van der Waals surface area contributed by atoms with Gasteiger partial charge in [0.2, 0.25) is 11.8 Å². The van der Waals surface area contributed by atoms with Crippen molar-refractivity contribution in [2.45, 2.75) is 71.3 Å².